The number of hydrogen-bond donors (Lipinski definition) is 11. The molecule has 11 N–H and O–H groups in total. The van der Waals surface area contributed by atoms with Gasteiger partial charge in [0.2, 0.25) is 6.29 Å². The lowest BCUT2D eigenvalue weighted by atomic mass is 9.33. The van der Waals surface area contributed by atoms with Crippen molar-refractivity contribution in [3.05, 3.63) is 11.6 Å². The number of aliphatic hydroxyl groups excluding tert-OH is 10. The summed E-state index contributed by atoms with van der Waals surface area (Å²) in [5.74, 6) is -2.25. The molecule has 8 rings (SSSR count). The maximum Gasteiger partial charge on any atom is 0.315 e. The number of ether oxygens (including phenoxy) is 6. The fourth-order valence-electron chi connectivity index (χ4n) is 14.7. The predicted octanol–water partition coefficient (Wildman–Crippen LogP) is -0.588. The van der Waals surface area contributed by atoms with Crippen LogP contribution in [0.25, 0.3) is 0 Å². The highest BCUT2D eigenvalue weighted by Gasteiger charge is 2.71. The number of rotatable bonds is 10. The summed E-state index contributed by atoms with van der Waals surface area (Å²) in [5.41, 5.74) is -3.42. The first-order valence-corrected chi connectivity index (χ1v) is 24.4. The third kappa shape index (κ3) is 7.86. The molecule has 5 aliphatic carbocycles. The van der Waals surface area contributed by atoms with E-state index in [9.17, 15) is 70.6 Å². The Bertz CT molecular complexity index is 1940. The van der Waals surface area contributed by atoms with Gasteiger partial charge >= 0.3 is 11.9 Å². The van der Waals surface area contributed by atoms with Gasteiger partial charge in [-0.25, -0.2) is 0 Å². The number of hydrogen-bond acceptors (Lipinski definition) is 19. The van der Waals surface area contributed by atoms with Crippen LogP contribution >= 0.6 is 0 Å². The van der Waals surface area contributed by atoms with E-state index in [0.717, 1.165) is 31.1 Å². The van der Waals surface area contributed by atoms with Crippen molar-refractivity contribution in [1.29, 1.82) is 0 Å². The van der Waals surface area contributed by atoms with Gasteiger partial charge in [0.15, 0.2) is 12.6 Å². The van der Waals surface area contributed by atoms with Crippen LogP contribution in [-0.4, -0.2) is 186 Å². The number of carboxylic acid groups (broad SMARTS) is 1. The molecule has 25 atom stereocenters. The number of fused-ring (bicyclic) bond motifs is 7. The maximum atomic E-state index is 15.0. The van der Waals surface area contributed by atoms with E-state index in [2.05, 4.69) is 26.8 Å². The smallest absolute Gasteiger partial charge is 0.315 e. The molecule has 20 nitrogen and oxygen atoms in total. The van der Waals surface area contributed by atoms with Crippen molar-refractivity contribution in [1.82, 2.24) is 0 Å². The summed E-state index contributed by atoms with van der Waals surface area (Å²) in [6.45, 7) is 10.2. The molecule has 0 amide bonds. The van der Waals surface area contributed by atoms with Crippen molar-refractivity contribution >= 4 is 18.2 Å². The Labute approximate surface area is 395 Å². The average molecular weight is 971 g/mol. The number of aliphatic carboxylic acids is 1. The Hall–Kier alpha value is -2.25. The lowest BCUT2D eigenvalue weighted by molar-refractivity contribution is -0.362. The highest BCUT2D eigenvalue weighted by Crippen LogP contribution is 2.76. The van der Waals surface area contributed by atoms with Crippen molar-refractivity contribution in [2.75, 3.05) is 13.2 Å². The SMILES string of the molecule is CC1OC(OC2C(O)C(CO)OC(OCC3OC(OC(=O)C45CCC(C)(C(=O)O)CC4C4=CCC6C7(C)CCC(O)C(C)(C=O)C7CCC6(C)C4(C)CC5)C(O)C(O)C3O)C2O)C(O)C(O)C1O. The lowest BCUT2D eigenvalue weighted by Crippen LogP contribution is -2.66. The van der Waals surface area contributed by atoms with Gasteiger partial charge in [-0.05, 0) is 112 Å². The van der Waals surface area contributed by atoms with E-state index in [1.54, 1.807) is 6.92 Å². The summed E-state index contributed by atoms with van der Waals surface area (Å²) in [5, 5.41) is 118. The fourth-order valence-corrected chi connectivity index (χ4v) is 14.7. The number of aldehydes is 1. The average Bonchev–Trinajstić information content (AvgIpc) is 3.30. The van der Waals surface area contributed by atoms with Crippen molar-refractivity contribution in [2.45, 2.75) is 204 Å². The normalized spacial score (nSPS) is 54.8. The van der Waals surface area contributed by atoms with Crippen molar-refractivity contribution in [2.24, 2.45) is 50.2 Å². The molecule has 0 spiro atoms. The Kier molecular flexibility index (Phi) is 14.1. The molecular weight excluding hydrogens is 897 g/mol. The number of carbonyl (C=O) groups is 3. The van der Waals surface area contributed by atoms with Gasteiger partial charge in [-0.15, -0.1) is 0 Å². The van der Waals surface area contributed by atoms with Gasteiger partial charge < -0.3 is 89.4 Å². The van der Waals surface area contributed by atoms with Crippen LogP contribution in [0.2, 0.25) is 0 Å². The third-order valence-electron chi connectivity index (χ3n) is 19.5. The Morgan fingerprint density at radius 2 is 1.37 bits per heavy atom. The van der Waals surface area contributed by atoms with Gasteiger partial charge in [-0.3, -0.25) is 9.59 Å². The van der Waals surface area contributed by atoms with Gasteiger partial charge in [0.05, 0.1) is 41.7 Å². The summed E-state index contributed by atoms with van der Waals surface area (Å²) in [7, 11) is 0. The standard InChI is InChI=1S/C48H74O20/c1-21-29(52)32(55)34(57)39(64-21)67-37-31(54)24(18-49)65-38(36(37)59)63-19-25-30(53)33(56)35(58)40(66-25)68-42(62)48-15-13-43(2,41(60)61)17-23(48)22-7-8-27-44(3)11-10-28(51)45(4,20-50)26(44)9-12-47(27,6)46(22,5)14-16-48/h7,20-21,23-40,49,51-59H,8-19H2,1-6H3,(H,60,61). The first kappa shape index (κ1) is 52.1. The molecule has 3 saturated heterocycles. The topological polar surface area (TPSA) is 329 Å². The molecule has 7 fully saturated rings. The molecule has 0 aromatic rings. The number of aliphatic hydroxyl groups is 10. The Balaban J connectivity index is 1.02. The number of carbonyl (C=O) groups excluding carboxylic acids is 2. The molecule has 3 heterocycles. The van der Waals surface area contributed by atoms with Crippen LogP contribution < -0.4 is 0 Å². The second kappa shape index (κ2) is 18.4. The minimum Gasteiger partial charge on any atom is -0.481 e. The lowest BCUT2D eigenvalue weighted by Gasteiger charge is -2.70. The molecule has 0 aromatic heterocycles. The van der Waals surface area contributed by atoms with Crippen LogP contribution in [0, 0.1) is 50.2 Å². The monoisotopic (exact) mass is 970 g/mol. The van der Waals surface area contributed by atoms with E-state index in [1.165, 1.54) is 6.92 Å². The first-order chi connectivity index (χ1) is 31.8. The quantitative estimate of drug-likeness (QED) is 0.0741. The van der Waals surface area contributed by atoms with E-state index >= 15 is 0 Å². The second-order valence-corrected chi connectivity index (χ2v) is 22.9. The third-order valence-corrected chi connectivity index (χ3v) is 19.5. The van der Waals surface area contributed by atoms with Gasteiger partial charge in [0.1, 0.15) is 73.4 Å². The summed E-state index contributed by atoms with van der Waals surface area (Å²) >= 11 is 0. The number of allylic oxidation sites excluding steroid dienone is 2. The Morgan fingerprint density at radius 3 is 2.03 bits per heavy atom. The van der Waals surface area contributed by atoms with E-state index in [4.69, 9.17) is 28.4 Å². The highest BCUT2D eigenvalue weighted by atomic mass is 16.8. The van der Waals surface area contributed by atoms with E-state index in [0.29, 0.717) is 25.7 Å². The van der Waals surface area contributed by atoms with Crippen LogP contribution in [0.5, 0.6) is 0 Å². The molecule has 4 saturated carbocycles. The molecule has 8 aliphatic rings. The summed E-state index contributed by atoms with van der Waals surface area (Å²) in [6.07, 6.45) is -18.2. The van der Waals surface area contributed by atoms with Crippen LogP contribution in [0.4, 0.5) is 0 Å². The molecule has 0 aromatic carbocycles. The summed E-state index contributed by atoms with van der Waals surface area (Å²) in [4.78, 5) is 40.6. The molecule has 0 radical (unpaired) electrons. The maximum absolute atomic E-state index is 15.0. The van der Waals surface area contributed by atoms with E-state index < -0.39 is 151 Å². The first-order valence-electron chi connectivity index (χ1n) is 24.4. The molecule has 25 unspecified atom stereocenters. The zero-order chi connectivity index (χ0) is 49.8. The molecule has 386 valence electrons. The van der Waals surface area contributed by atoms with Crippen molar-refractivity contribution < 1.29 is 99.0 Å². The number of esters is 1. The van der Waals surface area contributed by atoms with E-state index in [1.807, 2.05) is 6.92 Å². The minimum atomic E-state index is -1.95. The summed E-state index contributed by atoms with van der Waals surface area (Å²) < 4.78 is 34.5. The molecule has 68 heavy (non-hydrogen) atoms. The highest BCUT2D eigenvalue weighted by molar-refractivity contribution is 5.81. The van der Waals surface area contributed by atoms with E-state index in [-0.39, 0.29) is 41.9 Å². The van der Waals surface area contributed by atoms with Crippen molar-refractivity contribution in [3.63, 3.8) is 0 Å². The van der Waals surface area contributed by atoms with Gasteiger partial charge in [0, 0.05) is 0 Å². The van der Waals surface area contributed by atoms with Crippen LogP contribution in [0.3, 0.4) is 0 Å². The zero-order valence-corrected chi connectivity index (χ0v) is 39.7. The van der Waals surface area contributed by atoms with Gasteiger partial charge in [-0.2, -0.15) is 0 Å². The van der Waals surface area contributed by atoms with Gasteiger partial charge in [-0.1, -0.05) is 39.3 Å². The van der Waals surface area contributed by atoms with Gasteiger partial charge in [0.25, 0.3) is 0 Å². The molecular formula is C48H74O20. The largest absolute Gasteiger partial charge is 0.481 e. The Morgan fingerprint density at radius 1 is 0.721 bits per heavy atom. The minimum absolute atomic E-state index is 0.0372. The summed E-state index contributed by atoms with van der Waals surface area (Å²) in [6, 6.07) is 0. The fraction of sp³-hybridized carbons (Fsp3) is 0.896. The second-order valence-electron chi connectivity index (χ2n) is 22.9. The molecule has 0 bridgehead atoms. The van der Waals surface area contributed by atoms with Crippen molar-refractivity contribution in [3.8, 4) is 0 Å². The van der Waals surface area contributed by atoms with Crippen LogP contribution in [0.1, 0.15) is 106 Å². The molecule has 20 heteroatoms. The number of carboxylic acids is 1. The van der Waals surface area contributed by atoms with Crippen LogP contribution in [0.15, 0.2) is 11.6 Å². The molecule has 3 aliphatic heterocycles. The van der Waals surface area contributed by atoms with Crippen LogP contribution in [-0.2, 0) is 42.8 Å². The predicted molar refractivity (Wildman–Crippen MR) is 231 cm³/mol. The zero-order valence-electron chi connectivity index (χ0n) is 39.7.